The average molecular weight is 729 g/mol. The lowest BCUT2D eigenvalue weighted by Crippen LogP contribution is -2.05. The highest BCUT2D eigenvalue weighted by molar-refractivity contribution is 6.26. The van der Waals surface area contributed by atoms with E-state index in [-0.39, 0.29) is 0 Å². The monoisotopic (exact) mass is 728 g/mol. The van der Waals surface area contributed by atoms with Crippen LogP contribution in [-0.4, -0.2) is 9.13 Å². The van der Waals surface area contributed by atoms with E-state index in [0.717, 1.165) is 116 Å². The van der Waals surface area contributed by atoms with E-state index in [4.69, 9.17) is 8.83 Å². The summed E-state index contributed by atoms with van der Waals surface area (Å²) >= 11 is 0. The number of fused-ring (bicyclic) bond motifs is 14. The average Bonchev–Trinajstić information content (AvgIpc) is 4.00. The number of hydrogen-bond acceptors (Lipinski definition) is 4. The van der Waals surface area contributed by atoms with Crippen molar-refractivity contribution in [1.29, 1.82) is 10.5 Å². The summed E-state index contributed by atoms with van der Waals surface area (Å²) in [6, 6.07) is 56.6. The third kappa shape index (κ3) is 4.27. The van der Waals surface area contributed by atoms with E-state index in [1.165, 1.54) is 0 Å². The minimum atomic E-state index is 0.502. The lowest BCUT2D eigenvalue weighted by Gasteiger charge is -2.21. The largest absolute Gasteiger partial charge is 0.456 e. The number of benzene rings is 8. The van der Waals surface area contributed by atoms with Crippen LogP contribution in [0.5, 0.6) is 0 Å². The number of hydrogen-bond donors (Lipinski definition) is 0. The molecule has 0 atom stereocenters. The molecule has 0 fully saturated rings. The van der Waals surface area contributed by atoms with Crippen molar-refractivity contribution in [3.63, 3.8) is 0 Å². The van der Waals surface area contributed by atoms with Crippen molar-refractivity contribution < 1.29 is 8.83 Å². The Bertz CT molecular complexity index is 3590. The Morgan fingerprint density at radius 2 is 0.895 bits per heavy atom. The molecule has 0 N–H and O–H groups in total. The van der Waals surface area contributed by atoms with Crippen molar-refractivity contribution in [3.8, 4) is 34.6 Å². The van der Waals surface area contributed by atoms with Crippen LogP contribution in [0.25, 0.3) is 110 Å². The number of rotatable bonds is 3. The first-order valence-electron chi connectivity index (χ1n) is 18.9. The fourth-order valence-corrected chi connectivity index (χ4v) is 9.35. The first-order valence-corrected chi connectivity index (χ1v) is 18.9. The standard InChI is InChI=1S/C51H28N4O2/c1-29-22-30(27-52)24-32(23-29)47-41(54-39-14-6-2-10-33(39)35-18-20-45-48(50(35)54)37-12-4-8-16-43(37)56-45)25-31(28-53)26-42(47)55-40-15-7-3-11-34(40)36-19-21-46-49(51(36)55)38-13-5-9-17-44(38)57-46/h2-26H,1H3. The van der Waals surface area contributed by atoms with Crippen LogP contribution < -0.4 is 0 Å². The van der Waals surface area contributed by atoms with Crippen LogP contribution in [-0.2, 0) is 0 Å². The van der Waals surface area contributed by atoms with E-state index < -0.39 is 0 Å². The van der Waals surface area contributed by atoms with Crippen LogP contribution in [0.4, 0.5) is 0 Å². The van der Waals surface area contributed by atoms with E-state index in [9.17, 15) is 10.5 Å². The molecule has 0 spiro atoms. The van der Waals surface area contributed by atoms with Crippen LogP contribution in [0.3, 0.4) is 0 Å². The first-order chi connectivity index (χ1) is 28.1. The van der Waals surface area contributed by atoms with Gasteiger partial charge in [-0.3, -0.25) is 0 Å². The van der Waals surface area contributed by atoms with Gasteiger partial charge in [0.2, 0.25) is 0 Å². The smallest absolute Gasteiger partial charge is 0.137 e. The molecule has 12 aromatic rings. The van der Waals surface area contributed by atoms with E-state index in [1.54, 1.807) is 0 Å². The van der Waals surface area contributed by atoms with Gasteiger partial charge in [-0.25, -0.2) is 0 Å². The molecule has 0 saturated carbocycles. The van der Waals surface area contributed by atoms with Gasteiger partial charge >= 0.3 is 0 Å². The molecular weight excluding hydrogens is 701 g/mol. The van der Waals surface area contributed by atoms with Crippen molar-refractivity contribution in [2.24, 2.45) is 0 Å². The predicted molar refractivity (Wildman–Crippen MR) is 229 cm³/mol. The van der Waals surface area contributed by atoms with Gasteiger partial charge < -0.3 is 18.0 Å². The van der Waals surface area contributed by atoms with E-state index in [2.05, 4.69) is 112 Å². The number of nitrogens with zero attached hydrogens (tertiary/aromatic N) is 4. The molecular formula is C51H28N4O2. The number of furan rings is 2. The summed E-state index contributed by atoms with van der Waals surface area (Å²) in [5, 5.41) is 29.6. The second kappa shape index (κ2) is 11.5. The maximum absolute atomic E-state index is 10.9. The fraction of sp³-hybridized carbons (Fsp3) is 0.0196. The zero-order valence-electron chi connectivity index (χ0n) is 30.5. The highest BCUT2D eigenvalue weighted by Gasteiger charge is 2.27. The lowest BCUT2D eigenvalue weighted by atomic mass is 9.95. The lowest BCUT2D eigenvalue weighted by molar-refractivity contribution is 0.669. The Labute approximate surface area is 324 Å². The maximum atomic E-state index is 10.9. The Hall–Kier alpha value is -8.06. The van der Waals surface area contributed by atoms with Crippen LogP contribution in [0.2, 0.25) is 0 Å². The first kappa shape index (κ1) is 31.3. The van der Waals surface area contributed by atoms with E-state index >= 15 is 0 Å². The molecule has 0 aliphatic rings. The predicted octanol–water partition coefficient (Wildman–Crippen LogP) is 13.4. The second-order valence-electron chi connectivity index (χ2n) is 14.8. The Morgan fingerprint density at radius 1 is 0.439 bits per heavy atom. The van der Waals surface area contributed by atoms with Gasteiger partial charge in [0.25, 0.3) is 0 Å². The molecule has 0 aliphatic heterocycles. The topological polar surface area (TPSA) is 83.7 Å². The van der Waals surface area contributed by atoms with Gasteiger partial charge in [0, 0.05) is 37.9 Å². The number of aromatic nitrogens is 2. The highest BCUT2D eigenvalue weighted by atomic mass is 16.3. The summed E-state index contributed by atoms with van der Waals surface area (Å²) in [6.07, 6.45) is 0. The molecule has 0 amide bonds. The van der Waals surface area contributed by atoms with Gasteiger partial charge in [0.15, 0.2) is 0 Å². The molecule has 6 nitrogen and oxygen atoms in total. The number of para-hydroxylation sites is 4. The van der Waals surface area contributed by atoms with Crippen LogP contribution in [0, 0.1) is 29.6 Å². The van der Waals surface area contributed by atoms with Crippen molar-refractivity contribution in [2.45, 2.75) is 6.92 Å². The summed E-state index contributed by atoms with van der Waals surface area (Å²) in [5.41, 5.74) is 12.5. The van der Waals surface area contributed by atoms with Crippen molar-refractivity contribution in [3.05, 3.63) is 168 Å². The molecule has 0 aliphatic carbocycles. The quantitative estimate of drug-likeness (QED) is 0.181. The molecule has 6 heteroatoms. The van der Waals surface area contributed by atoms with E-state index in [0.29, 0.717) is 11.1 Å². The van der Waals surface area contributed by atoms with Gasteiger partial charge in [-0.15, -0.1) is 0 Å². The van der Waals surface area contributed by atoms with Gasteiger partial charge in [-0.2, -0.15) is 10.5 Å². The number of nitriles is 2. The summed E-state index contributed by atoms with van der Waals surface area (Å²) in [6.45, 7) is 2.02. The molecule has 0 unspecified atom stereocenters. The summed E-state index contributed by atoms with van der Waals surface area (Å²) in [5.74, 6) is 0. The van der Waals surface area contributed by atoms with Crippen molar-refractivity contribution >= 4 is 87.5 Å². The second-order valence-corrected chi connectivity index (χ2v) is 14.8. The van der Waals surface area contributed by atoms with E-state index in [1.807, 2.05) is 67.6 Å². The molecule has 12 rings (SSSR count). The van der Waals surface area contributed by atoms with Crippen LogP contribution in [0.1, 0.15) is 16.7 Å². The molecule has 4 heterocycles. The number of aryl methyl sites for hydroxylation is 1. The molecule has 0 bridgehead atoms. The SMILES string of the molecule is Cc1cc(C#N)cc(-c2c(-n3c4ccccc4c4ccc5oc6ccccc6c5c43)cc(C#N)cc2-n2c3ccccc3c3ccc4oc5ccccc5c4c32)c1. The van der Waals surface area contributed by atoms with Crippen LogP contribution >= 0.6 is 0 Å². The zero-order chi connectivity index (χ0) is 37.9. The highest BCUT2D eigenvalue weighted by Crippen LogP contribution is 2.47. The molecule has 0 saturated heterocycles. The Morgan fingerprint density at radius 3 is 1.40 bits per heavy atom. The minimum Gasteiger partial charge on any atom is -0.456 e. The normalized spacial score (nSPS) is 11.9. The summed E-state index contributed by atoms with van der Waals surface area (Å²) in [4.78, 5) is 0. The minimum absolute atomic E-state index is 0.502. The zero-order valence-corrected chi connectivity index (χ0v) is 30.5. The third-order valence-corrected chi connectivity index (χ3v) is 11.6. The third-order valence-electron chi connectivity index (χ3n) is 11.6. The maximum Gasteiger partial charge on any atom is 0.137 e. The summed E-state index contributed by atoms with van der Waals surface area (Å²) in [7, 11) is 0. The molecule has 264 valence electrons. The molecule has 57 heavy (non-hydrogen) atoms. The Kier molecular flexibility index (Phi) is 6.30. The molecule has 8 aromatic carbocycles. The van der Waals surface area contributed by atoms with Crippen LogP contribution in [0.15, 0.2) is 160 Å². The fourth-order valence-electron chi connectivity index (χ4n) is 9.35. The van der Waals surface area contributed by atoms with Gasteiger partial charge in [0.05, 0.1) is 67.5 Å². The van der Waals surface area contributed by atoms with Crippen molar-refractivity contribution in [2.75, 3.05) is 0 Å². The van der Waals surface area contributed by atoms with Gasteiger partial charge in [0.1, 0.15) is 22.3 Å². The van der Waals surface area contributed by atoms with Crippen molar-refractivity contribution in [1.82, 2.24) is 9.13 Å². The molecule has 0 radical (unpaired) electrons. The summed E-state index contributed by atoms with van der Waals surface area (Å²) < 4.78 is 17.6. The van der Waals surface area contributed by atoms with Gasteiger partial charge in [-0.05, 0) is 90.8 Å². The molecule has 4 aromatic heterocycles. The van der Waals surface area contributed by atoms with Gasteiger partial charge in [-0.1, -0.05) is 78.9 Å². The Balaban J connectivity index is 1.35.